The summed E-state index contributed by atoms with van der Waals surface area (Å²) in [6.45, 7) is 0. The molecule has 0 bridgehead atoms. The topological polar surface area (TPSA) is 105 Å². The fourth-order valence-electron chi connectivity index (χ4n) is 2.38. The lowest BCUT2D eigenvalue weighted by Crippen LogP contribution is -1.98. The lowest BCUT2D eigenvalue weighted by atomic mass is 10.1. The van der Waals surface area contributed by atoms with Gasteiger partial charge in [0.25, 0.3) is 0 Å². The number of benzene rings is 2. The van der Waals surface area contributed by atoms with Crippen LogP contribution in [-0.2, 0) is 0 Å². The first-order chi connectivity index (χ1) is 11.5. The Bertz CT molecular complexity index is 842. The van der Waals surface area contributed by atoms with Gasteiger partial charge in [0.15, 0.2) is 28.8 Å². The van der Waals surface area contributed by atoms with Gasteiger partial charge in [-0.2, -0.15) is 0 Å². The predicted octanol–water partition coefficient (Wildman–Crippen LogP) is 2.44. The maximum Gasteiger partial charge on any atom is 0.232 e. The number of aromatic hydroxyl groups is 3. The predicted molar refractivity (Wildman–Crippen MR) is 83.9 cm³/mol. The molecule has 124 valence electrons. The molecule has 0 amide bonds. The molecule has 24 heavy (non-hydrogen) atoms. The zero-order valence-corrected chi connectivity index (χ0v) is 12.9. The molecule has 0 radical (unpaired) electrons. The third-order valence-corrected chi connectivity index (χ3v) is 3.59. The number of rotatable bonds is 3. The van der Waals surface area contributed by atoms with Gasteiger partial charge in [-0.25, -0.2) is 0 Å². The number of methoxy groups -OCH3 is 2. The Hall–Kier alpha value is -3.35. The van der Waals surface area contributed by atoms with Crippen molar-refractivity contribution in [3.63, 3.8) is 0 Å². The maximum atomic E-state index is 12.3. The van der Waals surface area contributed by atoms with Gasteiger partial charge in [0.1, 0.15) is 0 Å². The average molecular weight is 330 g/mol. The lowest BCUT2D eigenvalue weighted by molar-refractivity contribution is 0.101. The lowest BCUT2D eigenvalue weighted by Gasteiger charge is -2.09. The highest BCUT2D eigenvalue weighted by molar-refractivity contribution is 6.15. The first kappa shape index (κ1) is 15.5. The van der Waals surface area contributed by atoms with Gasteiger partial charge in [-0.3, -0.25) is 4.79 Å². The Balaban J connectivity index is 2.05. The van der Waals surface area contributed by atoms with Gasteiger partial charge in [-0.1, -0.05) is 0 Å². The van der Waals surface area contributed by atoms with Gasteiger partial charge in [-0.15, -0.1) is 0 Å². The summed E-state index contributed by atoms with van der Waals surface area (Å²) in [5.74, 6) is -1.27. The van der Waals surface area contributed by atoms with Crippen LogP contribution in [0.1, 0.15) is 15.9 Å². The summed E-state index contributed by atoms with van der Waals surface area (Å²) in [6.07, 6.45) is 1.42. The second-order valence-corrected chi connectivity index (χ2v) is 5.02. The molecule has 0 aliphatic carbocycles. The summed E-state index contributed by atoms with van der Waals surface area (Å²) < 4.78 is 15.5. The molecule has 0 aromatic heterocycles. The molecule has 1 aliphatic heterocycles. The minimum absolute atomic E-state index is 0.0410. The molecule has 0 fully saturated rings. The van der Waals surface area contributed by atoms with Crippen molar-refractivity contribution in [1.82, 2.24) is 0 Å². The monoisotopic (exact) mass is 330 g/mol. The van der Waals surface area contributed by atoms with Gasteiger partial charge in [0.05, 0.1) is 19.8 Å². The summed E-state index contributed by atoms with van der Waals surface area (Å²) in [5.41, 5.74) is 0.635. The highest BCUT2D eigenvalue weighted by atomic mass is 16.5. The number of phenolic OH excluding ortho intramolecular Hbond substituents is 3. The van der Waals surface area contributed by atoms with Crippen molar-refractivity contribution in [2.45, 2.75) is 0 Å². The van der Waals surface area contributed by atoms with E-state index in [1.54, 1.807) is 0 Å². The number of allylic oxidation sites excluding steroid dienone is 1. The van der Waals surface area contributed by atoms with Crippen LogP contribution < -0.4 is 14.2 Å². The standard InChI is InChI=1S/C17H14O7/c1-22-11-5-8(6-12(23-2)16(11)21)7-13-14(19)9-3-4-10(18)15(20)17(9)24-13/h3-7,18,20-21H,1-2H3/b13-7-. The Morgan fingerprint density at radius 1 is 1.00 bits per heavy atom. The number of fused-ring (bicyclic) bond motifs is 1. The summed E-state index contributed by atoms with van der Waals surface area (Å²) >= 11 is 0. The van der Waals surface area contributed by atoms with E-state index in [9.17, 15) is 20.1 Å². The SMILES string of the molecule is COc1cc(/C=C2\Oc3c(ccc(O)c3O)C2=O)cc(OC)c1O. The third kappa shape index (κ3) is 2.36. The van der Waals surface area contributed by atoms with E-state index < -0.39 is 11.5 Å². The van der Waals surface area contributed by atoms with E-state index in [1.807, 2.05) is 0 Å². The van der Waals surface area contributed by atoms with Gasteiger partial charge in [0.2, 0.25) is 17.3 Å². The van der Waals surface area contributed by atoms with Crippen molar-refractivity contribution in [2.24, 2.45) is 0 Å². The maximum absolute atomic E-state index is 12.3. The molecule has 0 saturated carbocycles. The number of Topliss-reactive ketones (excluding diaryl/α,β-unsaturated/α-hetero) is 1. The number of hydrogen-bond acceptors (Lipinski definition) is 7. The van der Waals surface area contributed by atoms with Crippen LogP contribution in [0, 0.1) is 0 Å². The Labute approximate surface area is 137 Å². The van der Waals surface area contributed by atoms with Crippen LogP contribution in [0.15, 0.2) is 30.0 Å². The van der Waals surface area contributed by atoms with Crippen molar-refractivity contribution in [3.8, 4) is 34.5 Å². The largest absolute Gasteiger partial charge is 0.504 e. The summed E-state index contributed by atoms with van der Waals surface area (Å²) in [6, 6.07) is 5.58. The first-order valence-corrected chi connectivity index (χ1v) is 6.90. The van der Waals surface area contributed by atoms with E-state index in [-0.39, 0.29) is 40.1 Å². The van der Waals surface area contributed by atoms with E-state index in [2.05, 4.69) is 0 Å². The molecule has 7 nitrogen and oxygen atoms in total. The van der Waals surface area contributed by atoms with Gasteiger partial charge in [-0.05, 0) is 35.9 Å². The van der Waals surface area contributed by atoms with Crippen LogP contribution >= 0.6 is 0 Å². The Morgan fingerprint density at radius 3 is 2.21 bits per heavy atom. The molecule has 7 heteroatoms. The minimum Gasteiger partial charge on any atom is -0.504 e. The number of ether oxygens (including phenoxy) is 3. The number of ketones is 1. The van der Waals surface area contributed by atoms with E-state index in [1.165, 1.54) is 44.6 Å². The van der Waals surface area contributed by atoms with E-state index in [0.717, 1.165) is 0 Å². The van der Waals surface area contributed by atoms with E-state index in [4.69, 9.17) is 14.2 Å². The van der Waals surface area contributed by atoms with Gasteiger partial charge < -0.3 is 29.5 Å². The molecule has 0 spiro atoms. The van der Waals surface area contributed by atoms with E-state index in [0.29, 0.717) is 5.56 Å². The van der Waals surface area contributed by atoms with Crippen molar-refractivity contribution < 1.29 is 34.3 Å². The van der Waals surface area contributed by atoms with Crippen LogP contribution in [0.3, 0.4) is 0 Å². The summed E-state index contributed by atoms with van der Waals surface area (Å²) in [7, 11) is 2.78. The minimum atomic E-state index is -0.495. The number of hydrogen-bond donors (Lipinski definition) is 3. The van der Waals surface area contributed by atoms with Crippen LogP contribution in [0.25, 0.3) is 6.08 Å². The second kappa shape index (κ2) is 5.69. The van der Waals surface area contributed by atoms with Crippen LogP contribution in [0.2, 0.25) is 0 Å². The zero-order valence-electron chi connectivity index (χ0n) is 12.9. The molecular weight excluding hydrogens is 316 g/mol. The number of carbonyl (C=O) groups excluding carboxylic acids is 1. The average Bonchev–Trinajstić information content (AvgIpc) is 2.89. The molecule has 3 N–H and O–H groups in total. The Morgan fingerprint density at radius 2 is 1.62 bits per heavy atom. The highest BCUT2D eigenvalue weighted by Crippen LogP contribution is 2.44. The first-order valence-electron chi connectivity index (χ1n) is 6.90. The molecule has 1 aliphatic rings. The molecule has 3 rings (SSSR count). The zero-order chi connectivity index (χ0) is 17.4. The van der Waals surface area contributed by atoms with Crippen molar-refractivity contribution in [3.05, 3.63) is 41.2 Å². The van der Waals surface area contributed by atoms with Crippen LogP contribution in [0.4, 0.5) is 0 Å². The molecule has 2 aromatic carbocycles. The smallest absolute Gasteiger partial charge is 0.232 e. The molecule has 0 saturated heterocycles. The second-order valence-electron chi connectivity index (χ2n) is 5.02. The summed E-state index contributed by atoms with van der Waals surface area (Å²) in [4.78, 5) is 12.3. The summed E-state index contributed by atoms with van der Waals surface area (Å²) in [5, 5.41) is 29.2. The number of carbonyl (C=O) groups is 1. The van der Waals surface area contributed by atoms with Crippen molar-refractivity contribution >= 4 is 11.9 Å². The van der Waals surface area contributed by atoms with Crippen LogP contribution in [0.5, 0.6) is 34.5 Å². The van der Waals surface area contributed by atoms with Gasteiger partial charge >= 0.3 is 0 Å². The van der Waals surface area contributed by atoms with E-state index >= 15 is 0 Å². The normalized spacial score (nSPS) is 14.4. The third-order valence-electron chi connectivity index (χ3n) is 3.59. The van der Waals surface area contributed by atoms with Gasteiger partial charge in [0, 0.05) is 0 Å². The quantitative estimate of drug-likeness (QED) is 0.586. The molecule has 1 heterocycles. The van der Waals surface area contributed by atoms with Crippen LogP contribution in [-0.4, -0.2) is 35.3 Å². The number of phenols is 3. The molecule has 0 unspecified atom stereocenters. The fourth-order valence-corrected chi connectivity index (χ4v) is 2.38. The molecule has 2 aromatic rings. The van der Waals surface area contributed by atoms with Crippen molar-refractivity contribution in [2.75, 3.05) is 14.2 Å². The highest BCUT2D eigenvalue weighted by Gasteiger charge is 2.31. The molecule has 0 atom stereocenters. The fraction of sp³-hybridized carbons (Fsp3) is 0.118. The molecular formula is C17H14O7. The Kier molecular flexibility index (Phi) is 3.69. The van der Waals surface area contributed by atoms with Crippen molar-refractivity contribution in [1.29, 1.82) is 0 Å².